The second kappa shape index (κ2) is 12.7. The van der Waals surface area contributed by atoms with Crippen molar-refractivity contribution in [3.8, 4) is 5.75 Å². The first-order chi connectivity index (χ1) is 15.3. The molecule has 0 fully saturated rings. The molecule has 0 amide bonds. The fourth-order valence-corrected chi connectivity index (χ4v) is 4.52. The molecule has 0 aliphatic carbocycles. The molecule has 5 heteroatoms. The summed E-state index contributed by atoms with van der Waals surface area (Å²) in [7, 11) is 5.03. The van der Waals surface area contributed by atoms with Crippen LogP contribution in [0.2, 0.25) is 0 Å². The van der Waals surface area contributed by atoms with Crippen molar-refractivity contribution in [3.63, 3.8) is 0 Å². The number of rotatable bonds is 7. The van der Waals surface area contributed by atoms with Gasteiger partial charge in [-0.1, -0.05) is 105 Å². The standard InChI is InChI=1S/C26H23NOP.ClH.Ti/c28-24-16-15-21(17-20-9-3-1-4-10-20)18-26(24)29-25-14-8-7-11-22(25)19-27-23-12-5-2-6-13-23;;/h1-16,18,28-29H,17,19H2;1H;/q-1;;+2/p-1. The van der Waals surface area contributed by atoms with E-state index in [2.05, 4.69) is 63.9 Å². The Morgan fingerprint density at radius 1 is 0.710 bits per heavy atom. The average molecular weight is 480 g/mol. The molecule has 0 radical (unpaired) electrons. The van der Waals surface area contributed by atoms with Crippen molar-refractivity contribution in [1.29, 1.82) is 0 Å². The molecule has 0 aliphatic heterocycles. The fraction of sp³-hybridized carbons (Fsp3) is 0.0769. The van der Waals surface area contributed by atoms with Gasteiger partial charge in [0.05, 0.1) is 0 Å². The Kier molecular flexibility index (Phi) is 9.65. The van der Waals surface area contributed by atoms with E-state index < -0.39 is 0 Å². The monoisotopic (exact) mass is 479 g/mol. The topological polar surface area (TPSA) is 34.3 Å². The summed E-state index contributed by atoms with van der Waals surface area (Å²) in [6.45, 7) is 0.637. The first kappa shape index (κ1) is 23.6. The van der Waals surface area contributed by atoms with Gasteiger partial charge in [-0.3, -0.25) is 0 Å². The van der Waals surface area contributed by atoms with E-state index in [-0.39, 0.29) is 0 Å². The van der Waals surface area contributed by atoms with Crippen molar-refractivity contribution in [2.24, 2.45) is 0 Å². The van der Waals surface area contributed by atoms with Gasteiger partial charge in [-0.2, -0.15) is 0 Å². The van der Waals surface area contributed by atoms with Crippen molar-refractivity contribution in [2.75, 3.05) is 0 Å². The van der Waals surface area contributed by atoms with Crippen LogP contribution >= 0.6 is 17.9 Å². The van der Waals surface area contributed by atoms with Crippen LogP contribution in [0.1, 0.15) is 16.7 Å². The molecule has 2 nitrogen and oxygen atoms in total. The van der Waals surface area contributed by atoms with Gasteiger partial charge in [-0.25, -0.2) is 0 Å². The first-order valence-electron chi connectivity index (χ1n) is 9.90. The molecule has 4 aromatic carbocycles. The number of hydrogen-bond acceptors (Lipinski definition) is 1. The summed E-state index contributed by atoms with van der Waals surface area (Å²) in [6.07, 6.45) is 0.865. The minimum atomic E-state index is 0.356. The van der Waals surface area contributed by atoms with Crippen LogP contribution < -0.4 is 10.6 Å². The van der Waals surface area contributed by atoms with Gasteiger partial charge in [0.25, 0.3) is 0 Å². The fourth-order valence-electron chi connectivity index (χ4n) is 3.26. The van der Waals surface area contributed by atoms with E-state index in [4.69, 9.17) is 5.32 Å². The summed E-state index contributed by atoms with van der Waals surface area (Å²) in [5.74, 6) is 0.356. The number of phenolic OH excluding ortho intramolecular Hbond substituents is 1. The minimum absolute atomic E-state index is 0.356. The van der Waals surface area contributed by atoms with E-state index >= 15 is 0 Å². The van der Waals surface area contributed by atoms with Gasteiger partial charge in [-0.15, -0.1) is 12.2 Å². The third-order valence-corrected chi connectivity index (χ3v) is 6.21. The van der Waals surface area contributed by atoms with Gasteiger partial charge < -0.3 is 10.4 Å². The van der Waals surface area contributed by atoms with Crippen LogP contribution in [0.3, 0.4) is 0 Å². The molecular weight excluding hydrogens is 457 g/mol. The van der Waals surface area contributed by atoms with Crippen LogP contribution in [0.5, 0.6) is 5.75 Å². The zero-order valence-corrected chi connectivity index (χ0v) is 20.3. The predicted molar refractivity (Wildman–Crippen MR) is 130 cm³/mol. The van der Waals surface area contributed by atoms with Crippen molar-refractivity contribution < 1.29 is 24.5 Å². The van der Waals surface area contributed by atoms with E-state index in [1.54, 1.807) is 0 Å². The van der Waals surface area contributed by atoms with E-state index in [1.807, 2.05) is 48.5 Å². The number of nitrogens with zero attached hydrogens (tertiary/aromatic N) is 1. The quantitative estimate of drug-likeness (QED) is 0.238. The van der Waals surface area contributed by atoms with Crippen LogP contribution in [0.15, 0.2) is 103 Å². The van der Waals surface area contributed by atoms with Crippen LogP contribution in [0.25, 0.3) is 5.32 Å². The van der Waals surface area contributed by atoms with Crippen molar-refractivity contribution >= 4 is 34.2 Å². The molecule has 1 unspecified atom stereocenters. The summed E-state index contributed by atoms with van der Waals surface area (Å²) < 4.78 is 0. The van der Waals surface area contributed by atoms with Gasteiger partial charge in [0.15, 0.2) is 0 Å². The maximum absolute atomic E-state index is 10.4. The van der Waals surface area contributed by atoms with Gasteiger partial charge in [0, 0.05) is 5.30 Å². The third kappa shape index (κ3) is 7.23. The molecule has 1 N–H and O–H groups in total. The predicted octanol–water partition coefficient (Wildman–Crippen LogP) is 6.50. The summed E-state index contributed by atoms with van der Waals surface area (Å²) in [5.41, 5.74) is 4.67. The zero-order valence-electron chi connectivity index (χ0n) is 17.0. The Hall–Kier alpha value is -2.09. The first-order valence-corrected chi connectivity index (χ1v) is 13.0. The zero-order chi connectivity index (χ0) is 21.9. The number of aromatic hydroxyl groups is 1. The molecular formula is C26H23ClNOPTi. The summed E-state index contributed by atoms with van der Waals surface area (Å²) in [5, 5.41) is 17.4. The average Bonchev–Trinajstić information content (AvgIpc) is 2.83. The Balaban J connectivity index is 0.00000132. The summed E-state index contributed by atoms with van der Waals surface area (Å²) in [4.78, 5) is 0. The molecule has 0 saturated heterocycles. The second-order valence-electron chi connectivity index (χ2n) is 6.95. The Morgan fingerprint density at radius 3 is 2.10 bits per heavy atom. The normalized spacial score (nSPS) is 10.5. The van der Waals surface area contributed by atoms with Crippen molar-refractivity contribution in [1.82, 2.24) is 0 Å². The number of para-hydroxylation sites is 1. The third-order valence-electron chi connectivity index (χ3n) is 4.79. The van der Waals surface area contributed by atoms with Gasteiger partial charge >= 0.3 is 28.7 Å². The van der Waals surface area contributed by atoms with Gasteiger partial charge in [0.1, 0.15) is 5.75 Å². The van der Waals surface area contributed by atoms with Crippen LogP contribution in [0, 0.1) is 0 Å². The summed E-state index contributed by atoms with van der Waals surface area (Å²) >= 11 is 1.47. The summed E-state index contributed by atoms with van der Waals surface area (Å²) in [6, 6.07) is 34.8. The van der Waals surface area contributed by atoms with Crippen LogP contribution in [0.4, 0.5) is 5.69 Å². The second-order valence-corrected chi connectivity index (χ2v) is 8.28. The van der Waals surface area contributed by atoms with Crippen molar-refractivity contribution in [2.45, 2.75) is 13.0 Å². The molecule has 0 saturated carbocycles. The molecule has 0 spiro atoms. The Morgan fingerprint density at radius 2 is 1.35 bits per heavy atom. The Bertz CT molecular complexity index is 1080. The molecule has 0 aromatic heterocycles. The molecule has 31 heavy (non-hydrogen) atoms. The maximum atomic E-state index is 10.4. The SMILES string of the molecule is Oc1ccc(Cc2ccccc2)cc1Pc1ccccc1C[N-]c1ccccc1.[Cl][Ti+]. The van der Waals surface area contributed by atoms with E-state index in [1.165, 1.54) is 41.4 Å². The molecule has 4 rings (SSSR count). The van der Waals surface area contributed by atoms with E-state index in [9.17, 15) is 5.11 Å². The number of phenols is 1. The number of halogens is 1. The van der Waals surface area contributed by atoms with Crippen molar-refractivity contribution in [3.05, 3.63) is 125 Å². The van der Waals surface area contributed by atoms with Gasteiger partial charge in [-0.05, 0) is 35.0 Å². The molecule has 0 aliphatic rings. The molecule has 0 bridgehead atoms. The molecule has 1 atom stereocenters. The van der Waals surface area contributed by atoms with E-state index in [0.29, 0.717) is 20.9 Å². The number of hydrogen-bond donors (Lipinski definition) is 1. The van der Waals surface area contributed by atoms with E-state index in [0.717, 1.165) is 17.4 Å². The molecule has 0 heterocycles. The van der Waals surface area contributed by atoms with Crippen LogP contribution in [-0.2, 0) is 32.3 Å². The molecule has 154 valence electrons. The Labute approximate surface area is 201 Å². The van der Waals surface area contributed by atoms with Gasteiger partial charge in [0.2, 0.25) is 0 Å². The van der Waals surface area contributed by atoms with Crippen LogP contribution in [-0.4, -0.2) is 5.11 Å². The molecule has 4 aromatic rings. The number of benzene rings is 4.